The summed E-state index contributed by atoms with van der Waals surface area (Å²) >= 11 is 0. The number of allylic oxidation sites excluding steroid dienone is 2. The van der Waals surface area contributed by atoms with Crippen LogP contribution in [0.2, 0.25) is 0 Å². The predicted octanol–water partition coefficient (Wildman–Crippen LogP) is 15.9. The van der Waals surface area contributed by atoms with Gasteiger partial charge in [-0.25, -0.2) is 4.57 Å². The highest BCUT2D eigenvalue weighted by Gasteiger charge is 2.27. The molecule has 0 bridgehead atoms. The molecule has 0 aromatic heterocycles. The smallest absolute Gasteiger partial charge is 0.462 e. The molecule has 0 aliphatic heterocycles. The van der Waals surface area contributed by atoms with Gasteiger partial charge in [0.15, 0.2) is 6.10 Å². The molecule has 3 N–H and O–H groups in total. The van der Waals surface area contributed by atoms with E-state index in [1.54, 1.807) is 0 Å². The molecule has 65 heavy (non-hydrogen) atoms. The molecule has 0 fully saturated rings. The van der Waals surface area contributed by atoms with Crippen molar-refractivity contribution in [3.8, 4) is 0 Å². The van der Waals surface area contributed by atoms with E-state index in [0.29, 0.717) is 12.8 Å². The Morgan fingerprint density at radius 2 is 0.754 bits per heavy atom. The summed E-state index contributed by atoms with van der Waals surface area (Å²) in [5.41, 5.74) is 0. The minimum Gasteiger partial charge on any atom is -0.462 e. The van der Waals surface area contributed by atoms with Gasteiger partial charge in [-0.15, -0.1) is 0 Å². The summed E-state index contributed by atoms with van der Waals surface area (Å²) in [6, 6.07) is 0. The quantitative estimate of drug-likeness (QED) is 0.0233. The number of aliphatic hydroxyl groups excluding tert-OH is 2. The van der Waals surface area contributed by atoms with Crippen molar-refractivity contribution in [1.29, 1.82) is 0 Å². The van der Waals surface area contributed by atoms with E-state index >= 15 is 0 Å². The second kappa shape index (κ2) is 50.6. The molecule has 0 spiro atoms. The summed E-state index contributed by atoms with van der Waals surface area (Å²) in [6.45, 7) is 2.45. The fraction of sp³-hybridized carbons (Fsp3) is 0.926. The van der Waals surface area contributed by atoms with Crippen molar-refractivity contribution in [2.24, 2.45) is 0 Å². The third-order valence-corrected chi connectivity index (χ3v) is 13.4. The number of unbranched alkanes of at least 4 members (excludes halogenated alkanes) is 37. The SMILES string of the molecule is CCCCCCCC/C=C\CCCCCCCCCCCC(=O)OC(COC(=O)CCCCCCCCCCCCCCCCCCCCCCCCC)COP(=O)(O)OCC(O)CO. The third kappa shape index (κ3) is 50.4. The van der Waals surface area contributed by atoms with Gasteiger partial charge in [0.2, 0.25) is 0 Å². The van der Waals surface area contributed by atoms with E-state index in [4.69, 9.17) is 23.6 Å². The van der Waals surface area contributed by atoms with Crippen molar-refractivity contribution in [2.45, 2.75) is 296 Å². The van der Waals surface area contributed by atoms with Crippen LogP contribution >= 0.6 is 7.82 Å². The predicted molar refractivity (Wildman–Crippen MR) is 270 cm³/mol. The molecule has 0 saturated heterocycles. The highest BCUT2D eigenvalue weighted by molar-refractivity contribution is 7.47. The van der Waals surface area contributed by atoms with Crippen LogP contribution in [0.5, 0.6) is 0 Å². The maximum absolute atomic E-state index is 12.7. The lowest BCUT2D eigenvalue weighted by molar-refractivity contribution is -0.161. The van der Waals surface area contributed by atoms with E-state index in [1.165, 1.54) is 212 Å². The number of ether oxygens (including phenoxy) is 2. The Labute approximate surface area is 400 Å². The second-order valence-electron chi connectivity index (χ2n) is 19.0. The zero-order valence-electron chi connectivity index (χ0n) is 42.5. The zero-order valence-corrected chi connectivity index (χ0v) is 43.4. The number of hydrogen-bond donors (Lipinski definition) is 3. The molecule has 0 radical (unpaired) electrons. The minimum absolute atomic E-state index is 0.187. The van der Waals surface area contributed by atoms with Crippen LogP contribution in [0.3, 0.4) is 0 Å². The lowest BCUT2D eigenvalue weighted by atomic mass is 10.0. The van der Waals surface area contributed by atoms with Crippen molar-refractivity contribution >= 4 is 19.8 Å². The van der Waals surface area contributed by atoms with Gasteiger partial charge >= 0.3 is 19.8 Å². The molecule has 0 aliphatic rings. The largest absolute Gasteiger partial charge is 0.472 e. The first kappa shape index (κ1) is 63.7. The Bertz CT molecular complexity index is 1090. The molecule has 386 valence electrons. The fourth-order valence-electron chi connectivity index (χ4n) is 8.17. The average Bonchev–Trinajstić information content (AvgIpc) is 3.30. The lowest BCUT2D eigenvalue weighted by Gasteiger charge is -2.20. The van der Waals surface area contributed by atoms with Crippen LogP contribution in [0.1, 0.15) is 284 Å². The van der Waals surface area contributed by atoms with E-state index in [9.17, 15) is 24.2 Å². The van der Waals surface area contributed by atoms with Crippen molar-refractivity contribution in [3.63, 3.8) is 0 Å². The van der Waals surface area contributed by atoms with E-state index in [0.717, 1.165) is 32.1 Å². The van der Waals surface area contributed by atoms with Crippen LogP contribution in [0.25, 0.3) is 0 Å². The normalized spacial score (nSPS) is 13.6. The third-order valence-electron chi connectivity index (χ3n) is 12.4. The van der Waals surface area contributed by atoms with Crippen LogP contribution in [0, 0.1) is 0 Å². The number of phosphoric ester groups is 1. The monoisotopic (exact) mass is 945 g/mol. The van der Waals surface area contributed by atoms with E-state index in [1.807, 2.05) is 0 Å². The van der Waals surface area contributed by atoms with Crippen molar-refractivity contribution < 1.29 is 47.8 Å². The number of carbonyl (C=O) groups excluding carboxylic acids is 2. The Kier molecular flexibility index (Phi) is 49.6. The van der Waals surface area contributed by atoms with Crippen LogP contribution in [0.15, 0.2) is 12.2 Å². The molecular formula is C54H105O10P. The highest BCUT2D eigenvalue weighted by Crippen LogP contribution is 2.43. The maximum atomic E-state index is 12.7. The molecule has 3 atom stereocenters. The summed E-state index contributed by atoms with van der Waals surface area (Å²) in [4.78, 5) is 35.2. The van der Waals surface area contributed by atoms with Crippen LogP contribution in [-0.2, 0) is 32.7 Å². The van der Waals surface area contributed by atoms with E-state index in [-0.39, 0.29) is 19.4 Å². The Balaban J connectivity index is 4.08. The summed E-state index contributed by atoms with van der Waals surface area (Å²) < 4.78 is 32.9. The molecular weight excluding hydrogens is 840 g/mol. The van der Waals surface area contributed by atoms with Gasteiger partial charge in [-0.05, 0) is 38.5 Å². The van der Waals surface area contributed by atoms with Crippen LogP contribution < -0.4 is 0 Å². The molecule has 0 aromatic carbocycles. The molecule has 0 rings (SSSR count). The van der Waals surface area contributed by atoms with Gasteiger partial charge in [0, 0.05) is 12.8 Å². The number of carbonyl (C=O) groups is 2. The lowest BCUT2D eigenvalue weighted by Crippen LogP contribution is -2.29. The van der Waals surface area contributed by atoms with Gasteiger partial charge in [0.25, 0.3) is 0 Å². The van der Waals surface area contributed by atoms with Gasteiger partial charge in [-0.2, -0.15) is 0 Å². The van der Waals surface area contributed by atoms with Crippen molar-refractivity contribution in [3.05, 3.63) is 12.2 Å². The number of aliphatic hydroxyl groups is 2. The number of esters is 2. The molecule has 0 amide bonds. The Morgan fingerprint density at radius 1 is 0.446 bits per heavy atom. The summed E-state index contributed by atoms with van der Waals surface area (Å²) in [5.74, 6) is -0.908. The average molecular weight is 945 g/mol. The molecule has 11 heteroatoms. The first-order valence-electron chi connectivity index (χ1n) is 27.6. The highest BCUT2D eigenvalue weighted by atomic mass is 31.2. The Hall–Kier alpha value is -1.29. The molecule has 0 heterocycles. The minimum atomic E-state index is -4.62. The summed E-state index contributed by atoms with van der Waals surface area (Å²) in [6.07, 6.45) is 53.3. The van der Waals surface area contributed by atoms with Gasteiger partial charge in [-0.3, -0.25) is 18.6 Å². The summed E-state index contributed by atoms with van der Waals surface area (Å²) in [5, 5.41) is 18.4. The molecule has 3 unspecified atom stereocenters. The van der Waals surface area contributed by atoms with Gasteiger partial charge < -0.3 is 24.6 Å². The number of phosphoric acid groups is 1. The Morgan fingerprint density at radius 3 is 1.11 bits per heavy atom. The molecule has 0 aromatic rings. The first-order chi connectivity index (χ1) is 31.7. The zero-order chi connectivity index (χ0) is 47.6. The summed E-state index contributed by atoms with van der Waals surface area (Å²) in [7, 11) is -4.62. The van der Waals surface area contributed by atoms with Gasteiger partial charge in [0.05, 0.1) is 19.8 Å². The van der Waals surface area contributed by atoms with Crippen LogP contribution in [-0.4, -0.2) is 65.7 Å². The fourth-order valence-corrected chi connectivity index (χ4v) is 8.96. The number of hydrogen-bond acceptors (Lipinski definition) is 9. The standard InChI is InChI=1S/C54H105O10P/c1-3-5-7-9-11-13-15-17-19-21-23-24-25-26-28-29-31-33-35-37-39-41-43-45-53(57)61-49-52(50-63-65(59,60)62-48-51(56)47-55)64-54(58)46-44-42-40-38-36-34-32-30-27-22-20-18-16-14-12-10-8-6-4-2/h18,20,51-52,55-56H,3-17,19,21-50H2,1-2H3,(H,59,60)/b20-18-. The van der Waals surface area contributed by atoms with Crippen molar-refractivity contribution in [1.82, 2.24) is 0 Å². The maximum Gasteiger partial charge on any atom is 0.472 e. The second-order valence-corrected chi connectivity index (χ2v) is 20.4. The first-order valence-corrected chi connectivity index (χ1v) is 29.1. The molecule has 0 saturated carbocycles. The van der Waals surface area contributed by atoms with E-state index < -0.39 is 51.8 Å². The molecule has 10 nitrogen and oxygen atoms in total. The van der Waals surface area contributed by atoms with Crippen molar-refractivity contribution in [2.75, 3.05) is 26.4 Å². The molecule has 0 aliphatic carbocycles. The van der Waals surface area contributed by atoms with Gasteiger partial charge in [0.1, 0.15) is 12.7 Å². The van der Waals surface area contributed by atoms with E-state index in [2.05, 4.69) is 26.0 Å². The van der Waals surface area contributed by atoms with Crippen LogP contribution in [0.4, 0.5) is 0 Å². The topological polar surface area (TPSA) is 149 Å². The number of rotatable bonds is 53. The van der Waals surface area contributed by atoms with Gasteiger partial charge in [-0.1, -0.05) is 244 Å².